The van der Waals surface area contributed by atoms with Crippen molar-refractivity contribution in [2.45, 2.75) is 25.4 Å². The Bertz CT molecular complexity index is 719. The van der Waals surface area contributed by atoms with Crippen molar-refractivity contribution in [1.82, 2.24) is 10.2 Å². The maximum atomic E-state index is 12.4. The SMILES string of the molecule is N#Cc1ccc(OCCN2CCC[C@@H]2C(=O)NCc2ccco2)cc1. The minimum absolute atomic E-state index is 0.0345. The smallest absolute Gasteiger partial charge is 0.237 e. The van der Waals surface area contributed by atoms with Crippen LogP contribution < -0.4 is 10.1 Å². The van der Waals surface area contributed by atoms with Gasteiger partial charge in [0.2, 0.25) is 5.91 Å². The number of nitriles is 1. The minimum Gasteiger partial charge on any atom is -0.492 e. The maximum absolute atomic E-state index is 12.4. The summed E-state index contributed by atoms with van der Waals surface area (Å²) in [5.74, 6) is 1.52. The zero-order chi connectivity index (χ0) is 17.5. The molecule has 1 atom stereocenters. The summed E-state index contributed by atoms with van der Waals surface area (Å²) >= 11 is 0. The van der Waals surface area contributed by atoms with E-state index in [1.54, 1.807) is 30.5 Å². The number of rotatable bonds is 7. The van der Waals surface area contributed by atoms with Gasteiger partial charge >= 0.3 is 0 Å². The van der Waals surface area contributed by atoms with Gasteiger partial charge in [0, 0.05) is 6.54 Å². The lowest BCUT2D eigenvalue weighted by atomic mass is 10.2. The molecule has 1 N–H and O–H groups in total. The standard InChI is InChI=1S/C19H21N3O3/c20-13-15-5-7-16(8-6-15)25-12-10-22-9-1-4-18(22)19(23)21-14-17-3-2-11-24-17/h2-3,5-8,11,18H,1,4,9-10,12,14H2,(H,21,23)/t18-/m1/s1. The molecular weight excluding hydrogens is 318 g/mol. The zero-order valence-electron chi connectivity index (χ0n) is 14.0. The molecule has 1 aromatic heterocycles. The van der Waals surface area contributed by atoms with Gasteiger partial charge < -0.3 is 14.5 Å². The Hall–Kier alpha value is -2.78. The second-order valence-corrected chi connectivity index (χ2v) is 5.98. The van der Waals surface area contributed by atoms with Gasteiger partial charge in [0.15, 0.2) is 0 Å². The lowest BCUT2D eigenvalue weighted by Gasteiger charge is -2.23. The number of ether oxygens (including phenoxy) is 1. The van der Waals surface area contributed by atoms with Crippen molar-refractivity contribution >= 4 is 5.91 Å². The van der Waals surface area contributed by atoms with Gasteiger partial charge in [-0.25, -0.2) is 0 Å². The van der Waals surface area contributed by atoms with Crippen molar-refractivity contribution in [2.75, 3.05) is 19.7 Å². The summed E-state index contributed by atoms with van der Waals surface area (Å²) in [6, 6.07) is 12.7. The van der Waals surface area contributed by atoms with Crippen LogP contribution in [0.4, 0.5) is 0 Å². The Labute approximate surface area is 147 Å². The molecule has 6 heteroatoms. The number of nitrogens with one attached hydrogen (secondary N) is 1. The molecule has 0 spiro atoms. The number of carbonyl (C=O) groups is 1. The molecule has 1 fully saturated rings. The van der Waals surface area contributed by atoms with Crippen LogP contribution in [0.25, 0.3) is 0 Å². The fourth-order valence-electron chi connectivity index (χ4n) is 3.00. The molecule has 25 heavy (non-hydrogen) atoms. The van der Waals surface area contributed by atoms with Crippen molar-refractivity contribution in [1.29, 1.82) is 5.26 Å². The molecule has 0 radical (unpaired) electrons. The van der Waals surface area contributed by atoms with E-state index in [2.05, 4.69) is 16.3 Å². The Morgan fingerprint density at radius 1 is 1.36 bits per heavy atom. The molecular formula is C19H21N3O3. The quantitative estimate of drug-likeness (QED) is 0.837. The van der Waals surface area contributed by atoms with E-state index in [1.165, 1.54) is 0 Å². The first-order valence-electron chi connectivity index (χ1n) is 8.43. The molecule has 1 amide bonds. The van der Waals surface area contributed by atoms with Crippen LogP contribution in [0.5, 0.6) is 5.75 Å². The summed E-state index contributed by atoms with van der Waals surface area (Å²) in [6.07, 6.45) is 3.47. The third kappa shape index (κ3) is 4.61. The van der Waals surface area contributed by atoms with E-state index in [4.69, 9.17) is 14.4 Å². The molecule has 1 saturated heterocycles. The van der Waals surface area contributed by atoms with Crippen molar-refractivity contribution in [3.8, 4) is 11.8 Å². The molecule has 3 rings (SSSR count). The van der Waals surface area contributed by atoms with E-state index >= 15 is 0 Å². The minimum atomic E-state index is -0.112. The first kappa shape index (κ1) is 17.1. The summed E-state index contributed by atoms with van der Waals surface area (Å²) in [4.78, 5) is 14.5. The van der Waals surface area contributed by atoms with E-state index in [-0.39, 0.29) is 11.9 Å². The maximum Gasteiger partial charge on any atom is 0.237 e. The highest BCUT2D eigenvalue weighted by atomic mass is 16.5. The molecule has 2 aromatic rings. The summed E-state index contributed by atoms with van der Waals surface area (Å²) in [5.41, 5.74) is 0.611. The highest BCUT2D eigenvalue weighted by Gasteiger charge is 2.30. The van der Waals surface area contributed by atoms with E-state index in [1.807, 2.05) is 12.1 Å². The largest absolute Gasteiger partial charge is 0.492 e. The van der Waals surface area contributed by atoms with Gasteiger partial charge in [-0.1, -0.05) is 0 Å². The van der Waals surface area contributed by atoms with Crippen molar-refractivity contribution in [2.24, 2.45) is 0 Å². The zero-order valence-corrected chi connectivity index (χ0v) is 14.0. The number of hydrogen-bond acceptors (Lipinski definition) is 5. The number of benzene rings is 1. The first-order chi connectivity index (χ1) is 12.3. The van der Waals surface area contributed by atoms with Gasteiger partial charge in [0.25, 0.3) is 0 Å². The molecule has 0 unspecified atom stereocenters. The van der Waals surface area contributed by atoms with Gasteiger partial charge in [-0.2, -0.15) is 5.26 Å². The summed E-state index contributed by atoms with van der Waals surface area (Å²) in [6.45, 7) is 2.51. The summed E-state index contributed by atoms with van der Waals surface area (Å²) in [5, 5.41) is 11.7. The van der Waals surface area contributed by atoms with Crippen LogP contribution in [0.15, 0.2) is 47.1 Å². The average Bonchev–Trinajstić information content (AvgIpc) is 3.32. The van der Waals surface area contributed by atoms with Crippen LogP contribution in [0.3, 0.4) is 0 Å². The topological polar surface area (TPSA) is 78.5 Å². The third-order valence-electron chi connectivity index (χ3n) is 4.31. The third-order valence-corrected chi connectivity index (χ3v) is 4.31. The highest BCUT2D eigenvalue weighted by Crippen LogP contribution is 2.18. The Balaban J connectivity index is 1.44. The highest BCUT2D eigenvalue weighted by molar-refractivity contribution is 5.81. The summed E-state index contributed by atoms with van der Waals surface area (Å²) in [7, 11) is 0. The molecule has 1 aromatic carbocycles. The first-order valence-corrected chi connectivity index (χ1v) is 8.43. The van der Waals surface area contributed by atoms with Gasteiger partial charge in [0.1, 0.15) is 18.1 Å². The lowest BCUT2D eigenvalue weighted by Crippen LogP contribution is -2.44. The Morgan fingerprint density at radius 3 is 2.92 bits per heavy atom. The van der Waals surface area contributed by atoms with Crippen LogP contribution in [0.1, 0.15) is 24.2 Å². The van der Waals surface area contributed by atoms with Crippen molar-refractivity contribution in [3.05, 3.63) is 54.0 Å². The predicted molar refractivity (Wildman–Crippen MR) is 91.8 cm³/mol. The molecule has 1 aliphatic rings. The van der Waals surface area contributed by atoms with Gasteiger partial charge in [0.05, 0.1) is 30.5 Å². The number of nitrogens with zero attached hydrogens (tertiary/aromatic N) is 2. The Morgan fingerprint density at radius 2 is 2.20 bits per heavy atom. The number of carbonyl (C=O) groups excluding carboxylic acids is 1. The van der Waals surface area contributed by atoms with Crippen molar-refractivity contribution < 1.29 is 13.9 Å². The van der Waals surface area contributed by atoms with Crippen LogP contribution in [0.2, 0.25) is 0 Å². The number of likely N-dealkylation sites (tertiary alicyclic amines) is 1. The van der Waals surface area contributed by atoms with E-state index in [9.17, 15) is 4.79 Å². The normalized spacial score (nSPS) is 17.2. The van der Waals surface area contributed by atoms with Gasteiger partial charge in [-0.05, 0) is 55.8 Å². The lowest BCUT2D eigenvalue weighted by molar-refractivity contribution is -0.125. The van der Waals surface area contributed by atoms with Gasteiger partial charge in [-0.15, -0.1) is 0 Å². The van der Waals surface area contributed by atoms with Crippen molar-refractivity contribution in [3.63, 3.8) is 0 Å². The van der Waals surface area contributed by atoms with E-state index in [0.717, 1.165) is 30.9 Å². The van der Waals surface area contributed by atoms with Crippen LogP contribution in [-0.2, 0) is 11.3 Å². The van der Waals surface area contributed by atoms with Crippen LogP contribution in [0, 0.1) is 11.3 Å². The predicted octanol–water partition coefficient (Wildman–Crippen LogP) is 2.31. The molecule has 2 heterocycles. The fraction of sp³-hybridized carbons (Fsp3) is 0.368. The number of hydrogen-bond donors (Lipinski definition) is 1. The van der Waals surface area contributed by atoms with E-state index < -0.39 is 0 Å². The monoisotopic (exact) mass is 339 g/mol. The Kier molecular flexibility index (Phi) is 5.70. The summed E-state index contributed by atoms with van der Waals surface area (Å²) < 4.78 is 11.0. The molecule has 0 saturated carbocycles. The molecule has 0 aliphatic carbocycles. The van der Waals surface area contributed by atoms with E-state index in [0.29, 0.717) is 25.3 Å². The fourth-order valence-corrected chi connectivity index (χ4v) is 3.00. The van der Waals surface area contributed by atoms with Gasteiger partial charge in [-0.3, -0.25) is 9.69 Å². The van der Waals surface area contributed by atoms with Crippen LogP contribution >= 0.6 is 0 Å². The molecule has 130 valence electrons. The molecule has 6 nitrogen and oxygen atoms in total. The molecule has 1 aliphatic heterocycles. The second-order valence-electron chi connectivity index (χ2n) is 5.98. The number of furan rings is 1. The average molecular weight is 339 g/mol. The van der Waals surface area contributed by atoms with Crippen LogP contribution in [-0.4, -0.2) is 36.5 Å². The second kappa shape index (κ2) is 8.36. The number of amides is 1. The molecule has 0 bridgehead atoms.